The van der Waals surface area contributed by atoms with Crippen molar-refractivity contribution in [1.29, 1.82) is 0 Å². The molecule has 1 saturated heterocycles. The van der Waals surface area contributed by atoms with E-state index in [9.17, 15) is 27.2 Å². The molecular formula is C38H58BF4NO4S. The van der Waals surface area contributed by atoms with E-state index in [4.69, 9.17) is 9.47 Å². The molecule has 5 unspecified atom stereocenters. The maximum atomic E-state index is 12.8. The van der Waals surface area contributed by atoms with E-state index in [1.807, 2.05) is 6.92 Å². The lowest BCUT2D eigenvalue weighted by atomic mass is 9.55. The van der Waals surface area contributed by atoms with Crippen LogP contribution in [0.5, 0.6) is 5.75 Å². The molecule has 276 valence electrons. The first-order chi connectivity index (χ1) is 22.8. The third-order valence-electron chi connectivity index (χ3n) is 11.7. The van der Waals surface area contributed by atoms with E-state index < -0.39 is 18.2 Å². The molecule has 3 fully saturated rings. The number of Topliss-reactive ketones (excluding diaryl/α,β-unsaturated/α-hetero) is 1. The number of rotatable bonds is 8. The number of amides is 1. The molecule has 5 atom stereocenters. The summed E-state index contributed by atoms with van der Waals surface area (Å²) in [4.78, 5) is 27.1. The Morgan fingerprint density at radius 1 is 1.10 bits per heavy atom. The van der Waals surface area contributed by atoms with Crippen LogP contribution in [0, 0.1) is 22.7 Å². The predicted molar refractivity (Wildman–Crippen MR) is 192 cm³/mol. The highest BCUT2D eigenvalue weighted by atomic mass is 32.1. The number of fused-ring (bicyclic) bond motifs is 5. The zero-order valence-electron chi connectivity index (χ0n) is 30.7. The second kappa shape index (κ2) is 17.2. The molecule has 3 aliphatic carbocycles. The third-order valence-corrected chi connectivity index (χ3v) is 12.1. The number of aryl methyl sites for hydroxylation is 2. The molecule has 5 nitrogen and oxygen atoms in total. The van der Waals surface area contributed by atoms with E-state index in [0.29, 0.717) is 48.6 Å². The Bertz CT molecular complexity index is 1270. The first-order valence-electron chi connectivity index (χ1n) is 18.3. The summed E-state index contributed by atoms with van der Waals surface area (Å²) in [5.74, 6) is -5.47. The molecule has 4 aliphatic rings. The Balaban J connectivity index is 0.000000300. The number of carbonyl (C=O) groups excluding carboxylic acids is 2. The molecule has 1 aliphatic heterocycles. The van der Waals surface area contributed by atoms with Crippen LogP contribution in [-0.2, 0) is 22.4 Å². The molecule has 1 aromatic rings. The van der Waals surface area contributed by atoms with Gasteiger partial charge in [-0.1, -0.05) is 60.5 Å². The number of hydrogen-bond acceptors (Lipinski definition) is 5. The summed E-state index contributed by atoms with van der Waals surface area (Å²) >= 11 is 3.61. The number of hydrogen-bond donors (Lipinski definition) is 1. The number of morpholine rings is 1. The van der Waals surface area contributed by atoms with Gasteiger partial charge in [-0.05, 0) is 104 Å². The monoisotopic (exact) mass is 711 g/mol. The van der Waals surface area contributed by atoms with Crippen LogP contribution < -0.4 is 4.74 Å². The quantitative estimate of drug-likeness (QED) is 0.166. The number of ether oxygens (including phenoxy) is 2. The normalized spacial score (nSPS) is 26.7. The lowest BCUT2D eigenvalue weighted by Crippen LogP contribution is -2.45. The number of halogens is 4. The molecular weight excluding hydrogens is 653 g/mol. The van der Waals surface area contributed by atoms with Crippen molar-refractivity contribution in [3.05, 3.63) is 28.8 Å². The molecule has 2 radical (unpaired) electrons. The van der Waals surface area contributed by atoms with Gasteiger partial charge in [0.2, 0.25) is 0 Å². The Labute approximate surface area is 298 Å². The van der Waals surface area contributed by atoms with Gasteiger partial charge in [-0.2, -0.15) is 12.6 Å². The second-order valence-corrected chi connectivity index (χ2v) is 15.8. The topological polar surface area (TPSA) is 55.8 Å². The average Bonchev–Trinajstić information content (AvgIpc) is 3.37. The molecule has 11 heteroatoms. The molecule has 0 N–H and O–H groups in total. The zero-order valence-corrected chi connectivity index (χ0v) is 31.6. The van der Waals surface area contributed by atoms with Crippen molar-refractivity contribution in [2.75, 3.05) is 25.4 Å². The Hall–Kier alpha value is -1.75. The second-order valence-electron chi connectivity index (χ2n) is 15.4. The van der Waals surface area contributed by atoms with Crippen LogP contribution in [0.15, 0.2) is 12.1 Å². The van der Waals surface area contributed by atoms with Crippen molar-refractivity contribution in [3.8, 4) is 5.75 Å². The number of benzene rings is 1. The first-order valence-corrected chi connectivity index (χ1v) is 18.9. The summed E-state index contributed by atoms with van der Waals surface area (Å²) in [6.07, 6.45) is 8.32. The van der Waals surface area contributed by atoms with Crippen molar-refractivity contribution >= 4 is 32.4 Å². The minimum Gasteiger partial charge on any atom is -0.410 e. The fourth-order valence-electron chi connectivity index (χ4n) is 7.65. The smallest absolute Gasteiger partial charge is 0.410 e. The van der Waals surface area contributed by atoms with Gasteiger partial charge in [-0.3, -0.25) is 4.79 Å². The van der Waals surface area contributed by atoms with E-state index in [2.05, 4.69) is 74.2 Å². The van der Waals surface area contributed by atoms with E-state index in [1.54, 1.807) is 4.90 Å². The number of thiol groups is 1. The maximum absolute atomic E-state index is 12.8. The van der Waals surface area contributed by atoms with Gasteiger partial charge in [-0.15, -0.1) is 0 Å². The van der Waals surface area contributed by atoms with Crippen LogP contribution in [0.2, 0.25) is 0 Å². The Kier molecular flexibility index (Phi) is 14.6. The Morgan fingerprint density at radius 2 is 1.78 bits per heavy atom. The van der Waals surface area contributed by atoms with Crippen LogP contribution >= 0.6 is 12.6 Å². The van der Waals surface area contributed by atoms with Crippen LogP contribution in [0.1, 0.15) is 129 Å². The highest BCUT2D eigenvalue weighted by Gasteiger charge is 2.54. The molecule has 0 bridgehead atoms. The van der Waals surface area contributed by atoms with Crippen LogP contribution in [-0.4, -0.2) is 67.9 Å². The fourth-order valence-corrected chi connectivity index (χ4v) is 7.81. The molecule has 0 aromatic heterocycles. The summed E-state index contributed by atoms with van der Waals surface area (Å²) < 4.78 is 59.5. The molecule has 1 aromatic carbocycles. The molecule has 1 amide bonds. The largest absolute Gasteiger partial charge is 0.415 e. The van der Waals surface area contributed by atoms with E-state index in [0.717, 1.165) is 56.3 Å². The molecule has 1 heterocycles. The van der Waals surface area contributed by atoms with E-state index in [-0.39, 0.29) is 29.8 Å². The van der Waals surface area contributed by atoms with Gasteiger partial charge < -0.3 is 14.4 Å². The first kappa shape index (κ1) is 41.7. The number of alkyl halides is 4. The van der Waals surface area contributed by atoms with Crippen molar-refractivity contribution in [2.24, 2.45) is 22.7 Å². The summed E-state index contributed by atoms with van der Waals surface area (Å²) in [5.41, 5.74) is 4.40. The average molecular weight is 712 g/mol. The minimum absolute atomic E-state index is 0.0480. The van der Waals surface area contributed by atoms with Gasteiger partial charge in [0, 0.05) is 24.8 Å². The molecule has 0 spiro atoms. The lowest BCUT2D eigenvalue weighted by Gasteiger charge is -2.48. The van der Waals surface area contributed by atoms with E-state index >= 15 is 0 Å². The summed E-state index contributed by atoms with van der Waals surface area (Å²) in [5, 5.41) is 0. The number of carbonyl (C=O) groups is 2. The van der Waals surface area contributed by atoms with Crippen LogP contribution in [0.25, 0.3) is 0 Å². The predicted octanol–water partition coefficient (Wildman–Crippen LogP) is 9.82. The van der Waals surface area contributed by atoms with Gasteiger partial charge >= 0.3 is 6.09 Å². The lowest BCUT2D eigenvalue weighted by molar-refractivity contribution is -0.161. The minimum atomic E-state index is -4.42. The standard InChI is InChI=1S/C26H35NO4.C7H16.C5H7BF4S/c1-4-17-13-21-18(14-23(17)31-25(29)27-11-12-30-16(2)15-27)5-6-20-19(21)9-10-26(3)22(20)7-8-24(26)28;1-5-7(3,4)6-2;6-5(9,10)4(7,8)2-1-3-11/h13-14,16,19-20,22H,4-12,15H2,1-3H3;5-6H2,1-4H3;11H,1-3H2. The number of ketones is 1. The summed E-state index contributed by atoms with van der Waals surface area (Å²) in [6.45, 7) is 17.1. The molecule has 49 heavy (non-hydrogen) atoms. The fraction of sp³-hybridized carbons (Fsp3) is 0.789. The van der Waals surface area contributed by atoms with Gasteiger partial charge in [-0.25, -0.2) is 22.4 Å². The number of nitrogens with zero attached hydrogens (tertiary/aromatic N) is 1. The van der Waals surface area contributed by atoms with Crippen molar-refractivity contribution in [1.82, 2.24) is 4.90 Å². The van der Waals surface area contributed by atoms with Crippen LogP contribution in [0.4, 0.5) is 22.4 Å². The zero-order chi connectivity index (χ0) is 36.8. The highest BCUT2D eigenvalue weighted by molar-refractivity contribution is 7.80. The van der Waals surface area contributed by atoms with Gasteiger partial charge in [0.1, 0.15) is 11.5 Å². The van der Waals surface area contributed by atoms with Gasteiger partial charge in [0.25, 0.3) is 11.7 Å². The SMILES string of the molecule is CCC(C)(C)CC.CCc1cc2c(cc1OC(=O)N1CCOC(C)C1)CCC1C2CCC2(C)C(=O)CCC12.[B]C(F)(F)C(F)(F)CCCS. The van der Waals surface area contributed by atoms with Crippen molar-refractivity contribution in [2.45, 2.75) is 143 Å². The maximum Gasteiger partial charge on any atom is 0.415 e. The van der Waals surface area contributed by atoms with Gasteiger partial charge in [0.05, 0.1) is 19.3 Å². The van der Waals surface area contributed by atoms with Crippen molar-refractivity contribution in [3.63, 3.8) is 0 Å². The van der Waals surface area contributed by atoms with Crippen molar-refractivity contribution < 1.29 is 36.6 Å². The van der Waals surface area contributed by atoms with E-state index in [1.165, 1.54) is 24.0 Å². The molecule has 2 saturated carbocycles. The van der Waals surface area contributed by atoms with Crippen LogP contribution in [0.3, 0.4) is 0 Å². The van der Waals surface area contributed by atoms with Gasteiger partial charge in [0.15, 0.2) is 7.85 Å². The summed E-state index contributed by atoms with van der Waals surface area (Å²) in [6, 6.07) is 4.45. The summed E-state index contributed by atoms with van der Waals surface area (Å²) in [7, 11) is 3.95. The highest BCUT2D eigenvalue weighted by Crippen LogP contribution is 2.59. The molecule has 5 rings (SSSR count). The third kappa shape index (κ3) is 10.2. The Morgan fingerprint density at radius 3 is 2.33 bits per heavy atom.